The van der Waals surface area contributed by atoms with Gasteiger partial charge < -0.3 is 16.4 Å². The summed E-state index contributed by atoms with van der Waals surface area (Å²) >= 11 is 4.63. The molecule has 86 valence electrons. The smallest absolute Gasteiger partial charge is 0.237 e. The summed E-state index contributed by atoms with van der Waals surface area (Å²) in [5, 5.41) is 0. The molecule has 0 saturated heterocycles. The Kier molecular flexibility index (Phi) is 6.61. The van der Waals surface area contributed by atoms with Crippen molar-refractivity contribution in [3.05, 3.63) is 0 Å². The first kappa shape index (κ1) is 13.8. The van der Waals surface area contributed by atoms with E-state index in [4.69, 9.17) is 11.5 Å². The average Bonchev–Trinajstić information content (AvgIpc) is 2.10. The van der Waals surface area contributed by atoms with Crippen molar-refractivity contribution in [2.24, 2.45) is 11.5 Å². The third-order valence-electron chi connectivity index (χ3n) is 1.81. The molecule has 0 spiro atoms. The van der Waals surface area contributed by atoms with E-state index in [1.807, 2.05) is 6.92 Å². The van der Waals surface area contributed by atoms with Crippen LogP contribution in [0.4, 0.5) is 0 Å². The number of amides is 2. The van der Waals surface area contributed by atoms with Gasteiger partial charge in [-0.25, -0.2) is 0 Å². The topological polar surface area (TPSA) is 89.4 Å². The minimum absolute atomic E-state index is 0.00761. The van der Waals surface area contributed by atoms with E-state index in [2.05, 4.69) is 12.2 Å². The van der Waals surface area contributed by atoms with Crippen LogP contribution >= 0.6 is 12.2 Å². The summed E-state index contributed by atoms with van der Waals surface area (Å²) in [5.74, 6) is -0.767. The molecule has 0 aromatic carbocycles. The van der Waals surface area contributed by atoms with Crippen molar-refractivity contribution in [2.45, 2.75) is 26.2 Å². The van der Waals surface area contributed by atoms with Crippen LogP contribution in [0.2, 0.25) is 0 Å². The summed E-state index contributed by atoms with van der Waals surface area (Å²) in [6.45, 7) is 2.45. The molecule has 4 N–H and O–H groups in total. The van der Waals surface area contributed by atoms with Crippen LogP contribution in [0.5, 0.6) is 0 Å². The highest BCUT2D eigenvalue weighted by Crippen LogP contribution is 1.98. The van der Waals surface area contributed by atoms with E-state index in [0.717, 1.165) is 12.8 Å². The minimum Gasteiger partial charge on any atom is -0.393 e. The standard InChI is InChI=1S/C9H17N3O2S/c1-2-3-4-12(6-7(10)13)9(14)5-8(11)15/h2-6H2,1H3,(H2,10,13)(H2,11,15). The molecule has 0 atom stereocenters. The Morgan fingerprint density at radius 3 is 2.33 bits per heavy atom. The van der Waals surface area contributed by atoms with Crippen molar-refractivity contribution in [2.75, 3.05) is 13.1 Å². The number of unbranched alkanes of at least 4 members (excludes halogenated alkanes) is 1. The number of nitrogens with two attached hydrogens (primary N) is 2. The quantitative estimate of drug-likeness (QED) is 0.593. The molecule has 0 heterocycles. The van der Waals surface area contributed by atoms with Gasteiger partial charge in [-0.15, -0.1) is 0 Å². The van der Waals surface area contributed by atoms with Gasteiger partial charge in [0.2, 0.25) is 11.8 Å². The second kappa shape index (κ2) is 7.17. The predicted molar refractivity (Wildman–Crippen MR) is 62.1 cm³/mol. The van der Waals surface area contributed by atoms with E-state index in [1.165, 1.54) is 4.90 Å². The van der Waals surface area contributed by atoms with Crippen molar-refractivity contribution in [3.8, 4) is 0 Å². The van der Waals surface area contributed by atoms with E-state index in [0.29, 0.717) is 6.54 Å². The third-order valence-corrected chi connectivity index (χ3v) is 1.95. The number of primary amides is 1. The molecule has 15 heavy (non-hydrogen) atoms. The number of thiocarbonyl (C=S) groups is 1. The van der Waals surface area contributed by atoms with Gasteiger partial charge in [0.15, 0.2) is 0 Å². The summed E-state index contributed by atoms with van der Waals surface area (Å²) in [7, 11) is 0. The Labute approximate surface area is 94.8 Å². The van der Waals surface area contributed by atoms with Crippen LogP contribution in [0.15, 0.2) is 0 Å². The van der Waals surface area contributed by atoms with Gasteiger partial charge >= 0.3 is 0 Å². The molecule has 0 bridgehead atoms. The van der Waals surface area contributed by atoms with Gasteiger partial charge in [-0.2, -0.15) is 0 Å². The molecule has 2 amide bonds. The average molecular weight is 231 g/mol. The fourth-order valence-electron chi connectivity index (χ4n) is 1.09. The van der Waals surface area contributed by atoms with Crippen molar-refractivity contribution >= 4 is 29.0 Å². The van der Waals surface area contributed by atoms with Crippen LogP contribution in [0, 0.1) is 0 Å². The van der Waals surface area contributed by atoms with Crippen LogP contribution in [-0.2, 0) is 9.59 Å². The summed E-state index contributed by atoms with van der Waals surface area (Å²) in [4.78, 5) is 23.8. The van der Waals surface area contributed by atoms with Gasteiger partial charge in [-0.05, 0) is 6.42 Å². The summed E-state index contributed by atoms with van der Waals surface area (Å²) < 4.78 is 0. The van der Waals surface area contributed by atoms with Gasteiger partial charge in [0.05, 0.1) is 18.0 Å². The van der Waals surface area contributed by atoms with Gasteiger partial charge in [0, 0.05) is 6.54 Å². The van der Waals surface area contributed by atoms with Gasteiger partial charge in [-0.3, -0.25) is 9.59 Å². The van der Waals surface area contributed by atoms with Crippen molar-refractivity contribution < 1.29 is 9.59 Å². The molecule has 5 nitrogen and oxygen atoms in total. The van der Waals surface area contributed by atoms with Crippen LogP contribution in [-0.4, -0.2) is 34.8 Å². The second-order valence-electron chi connectivity index (χ2n) is 3.28. The number of hydrogen-bond donors (Lipinski definition) is 2. The van der Waals surface area contributed by atoms with Crippen LogP contribution in [0.3, 0.4) is 0 Å². The number of carbonyl (C=O) groups is 2. The van der Waals surface area contributed by atoms with Crippen LogP contribution < -0.4 is 11.5 Å². The lowest BCUT2D eigenvalue weighted by molar-refractivity contribution is -0.134. The largest absolute Gasteiger partial charge is 0.393 e. The zero-order valence-electron chi connectivity index (χ0n) is 8.86. The fourth-order valence-corrected chi connectivity index (χ4v) is 1.21. The Morgan fingerprint density at radius 2 is 1.93 bits per heavy atom. The normalized spacial score (nSPS) is 9.67. The van der Waals surface area contributed by atoms with Crippen molar-refractivity contribution in [3.63, 3.8) is 0 Å². The van der Waals surface area contributed by atoms with Gasteiger partial charge in [0.1, 0.15) is 0 Å². The zero-order chi connectivity index (χ0) is 11.8. The maximum absolute atomic E-state index is 11.5. The first-order valence-electron chi connectivity index (χ1n) is 4.81. The van der Waals surface area contributed by atoms with Gasteiger partial charge in [0.25, 0.3) is 0 Å². The monoisotopic (exact) mass is 231 g/mol. The summed E-state index contributed by atoms with van der Waals surface area (Å²) in [5.41, 5.74) is 10.3. The molecule has 0 aliphatic heterocycles. The highest BCUT2D eigenvalue weighted by molar-refractivity contribution is 7.80. The SMILES string of the molecule is CCCCN(CC(N)=O)C(=O)CC(N)=S. The van der Waals surface area contributed by atoms with Crippen molar-refractivity contribution in [1.29, 1.82) is 0 Å². The molecule has 0 aliphatic rings. The molecule has 0 unspecified atom stereocenters. The Morgan fingerprint density at radius 1 is 1.33 bits per heavy atom. The summed E-state index contributed by atoms with van der Waals surface area (Å²) in [6, 6.07) is 0. The molecule has 0 saturated carbocycles. The first-order valence-corrected chi connectivity index (χ1v) is 5.22. The number of nitrogens with zero attached hydrogens (tertiary/aromatic N) is 1. The number of rotatable bonds is 7. The molecule has 0 aromatic heterocycles. The Hall–Kier alpha value is -1.17. The highest BCUT2D eigenvalue weighted by Gasteiger charge is 2.15. The molecule has 6 heteroatoms. The van der Waals surface area contributed by atoms with Crippen LogP contribution in [0.25, 0.3) is 0 Å². The molecule has 0 fully saturated rings. The minimum atomic E-state index is -0.526. The molecule has 0 rings (SSSR count). The fraction of sp³-hybridized carbons (Fsp3) is 0.667. The van der Waals surface area contributed by atoms with Crippen molar-refractivity contribution in [1.82, 2.24) is 4.90 Å². The maximum Gasteiger partial charge on any atom is 0.237 e. The lowest BCUT2D eigenvalue weighted by atomic mass is 10.3. The predicted octanol–water partition coefficient (Wildman–Crippen LogP) is -0.223. The van der Waals surface area contributed by atoms with E-state index in [9.17, 15) is 9.59 Å². The first-order chi connectivity index (χ1) is 6.97. The zero-order valence-corrected chi connectivity index (χ0v) is 9.68. The Balaban J connectivity index is 4.26. The van der Waals surface area contributed by atoms with Gasteiger partial charge in [-0.1, -0.05) is 25.6 Å². The second-order valence-corrected chi connectivity index (χ2v) is 3.80. The number of carbonyl (C=O) groups excluding carboxylic acids is 2. The van der Waals surface area contributed by atoms with E-state index in [1.54, 1.807) is 0 Å². The molecular formula is C9H17N3O2S. The third kappa shape index (κ3) is 6.84. The molecule has 0 radical (unpaired) electrons. The van der Waals surface area contributed by atoms with E-state index < -0.39 is 5.91 Å². The highest BCUT2D eigenvalue weighted by atomic mass is 32.1. The lowest BCUT2D eigenvalue weighted by Gasteiger charge is -2.20. The Bertz CT molecular complexity index is 256. The van der Waals surface area contributed by atoms with Crippen LogP contribution in [0.1, 0.15) is 26.2 Å². The molecule has 0 aromatic rings. The lowest BCUT2D eigenvalue weighted by Crippen LogP contribution is -2.40. The van der Waals surface area contributed by atoms with E-state index in [-0.39, 0.29) is 23.9 Å². The molecule has 0 aliphatic carbocycles. The van der Waals surface area contributed by atoms with E-state index >= 15 is 0 Å². The number of hydrogen-bond acceptors (Lipinski definition) is 3. The molecular weight excluding hydrogens is 214 g/mol. The summed E-state index contributed by atoms with van der Waals surface area (Å²) in [6.07, 6.45) is 1.76. The maximum atomic E-state index is 11.5.